The lowest BCUT2D eigenvalue weighted by Crippen LogP contribution is -2.29. The number of carbonyl (C=O) groups excluding carboxylic acids is 1. The number of nitrogens with two attached hydrogens (primary N) is 1. The number of aromatic amines is 1. The second-order valence-corrected chi connectivity index (χ2v) is 6.73. The average Bonchev–Trinajstić information content (AvgIpc) is 3.09. The fourth-order valence-electron chi connectivity index (χ4n) is 3.36. The van der Waals surface area contributed by atoms with Crippen LogP contribution in [0.25, 0.3) is 33.1 Å². The lowest BCUT2D eigenvalue weighted by Gasteiger charge is -2.09. The molecule has 6 heteroatoms. The van der Waals surface area contributed by atoms with Crippen LogP contribution in [0.5, 0.6) is 5.75 Å². The molecular formula is C22H22N4O2. The molecule has 0 unspecified atom stereocenters. The van der Waals surface area contributed by atoms with Crippen LogP contribution < -0.4 is 15.8 Å². The summed E-state index contributed by atoms with van der Waals surface area (Å²) in [5.41, 5.74) is 10.6. The van der Waals surface area contributed by atoms with Crippen LogP contribution in [0.15, 0.2) is 48.5 Å². The molecule has 2 aromatic heterocycles. The SMILES string of the molecule is COc1ccc(-c2nc(C(=O)NCCN)cc3c2[nH]c2ccc(C)cc23)cc1. The van der Waals surface area contributed by atoms with E-state index in [1.165, 1.54) is 0 Å². The summed E-state index contributed by atoms with van der Waals surface area (Å²) < 4.78 is 5.26. The lowest BCUT2D eigenvalue weighted by atomic mass is 10.1. The summed E-state index contributed by atoms with van der Waals surface area (Å²) in [6.45, 7) is 2.84. The molecule has 0 radical (unpaired) electrons. The predicted molar refractivity (Wildman–Crippen MR) is 112 cm³/mol. The largest absolute Gasteiger partial charge is 0.497 e. The molecule has 0 aliphatic carbocycles. The van der Waals surface area contributed by atoms with Gasteiger partial charge in [0.25, 0.3) is 5.91 Å². The Morgan fingerprint density at radius 2 is 1.93 bits per heavy atom. The molecule has 0 atom stereocenters. The highest BCUT2D eigenvalue weighted by Gasteiger charge is 2.17. The van der Waals surface area contributed by atoms with Crippen LogP contribution >= 0.6 is 0 Å². The van der Waals surface area contributed by atoms with Gasteiger partial charge in [0.2, 0.25) is 0 Å². The first-order valence-electron chi connectivity index (χ1n) is 9.16. The van der Waals surface area contributed by atoms with Gasteiger partial charge in [0.05, 0.1) is 18.3 Å². The van der Waals surface area contributed by atoms with Gasteiger partial charge in [-0.05, 0) is 49.4 Å². The van der Waals surface area contributed by atoms with Crippen molar-refractivity contribution in [1.82, 2.24) is 15.3 Å². The first-order valence-corrected chi connectivity index (χ1v) is 9.16. The van der Waals surface area contributed by atoms with E-state index in [2.05, 4.69) is 40.4 Å². The highest BCUT2D eigenvalue weighted by Crippen LogP contribution is 2.33. The van der Waals surface area contributed by atoms with Crippen LogP contribution in [0.2, 0.25) is 0 Å². The number of aromatic nitrogens is 2. The molecule has 4 aromatic rings. The number of hydrogen-bond acceptors (Lipinski definition) is 4. The lowest BCUT2D eigenvalue weighted by molar-refractivity contribution is 0.0950. The number of carbonyl (C=O) groups is 1. The summed E-state index contributed by atoms with van der Waals surface area (Å²) in [5.74, 6) is 0.535. The summed E-state index contributed by atoms with van der Waals surface area (Å²) in [6, 6.07) is 15.7. The van der Waals surface area contributed by atoms with Gasteiger partial charge in [0.1, 0.15) is 11.4 Å². The van der Waals surface area contributed by atoms with Crippen molar-refractivity contribution in [3.05, 3.63) is 59.8 Å². The number of benzene rings is 2. The first-order chi connectivity index (χ1) is 13.6. The van der Waals surface area contributed by atoms with E-state index in [0.717, 1.165) is 44.4 Å². The van der Waals surface area contributed by atoms with Gasteiger partial charge in [-0.1, -0.05) is 11.6 Å². The summed E-state index contributed by atoms with van der Waals surface area (Å²) in [4.78, 5) is 20.7. The number of fused-ring (bicyclic) bond motifs is 3. The molecule has 4 rings (SSSR count). The van der Waals surface area contributed by atoms with Gasteiger partial charge in [-0.25, -0.2) is 4.98 Å². The molecule has 28 heavy (non-hydrogen) atoms. The normalized spacial score (nSPS) is 11.1. The summed E-state index contributed by atoms with van der Waals surface area (Å²) in [5, 5.41) is 4.84. The third kappa shape index (κ3) is 3.18. The van der Waals surface area contributed by atoms with Crippen molar-refractivity contribution in [3.63, 3.8) is 0 Å². The van der Waals surface area contributed by atoms with Crippen LogP contribution in [0.4, 0.5) is 0 Å². The van der Waals surface area contributed by atoms with E-state index < -0.39 is 0 Å². The maximum Gasteiger partial charge on any atom is 0.269 e. The molecule has 4 N–H and O–H groups in total. The second kappa shape index (κ2) is 7.32. The Labute approximate surface area is 162 Å². The summed E-state index contributed by atoms with van der Waals surface area (Å²) >= 11 is 0. The fraction of sp³-hybridized carbons (Fsp3) is 0.182. The van der Waals surface area contributed by atoms with E-state index in [-0.39, 0.29) is 5.91 Å². The van der Waals surface area contributed by atoms with Gasteiger partial charge in [0.15, 0.2) is 0 Å². The minimum atomic E-state index is -0.232. The van der Waals surface area contributed by atoms with Gasteiger partial charge >= 0.3 is 0 Å². The zero-order valence-electron chi connectivity index (χ0n) is 15.9. The van der Waals surface area contributed by atoms with E-state index in [9.17, 15) is 4.79 Å². The maximum absolute atomic E-state index is 12.6. The van der Waals surface area contributed by atoms with E-state index >= 15 is 0 Å². The zero-order chi connectivity index (χ0) is 19.7. The highest BCUT2D eigenvalue weighted by atomic mass is 16.5. The van der Waals surface area contributed by atoms with Crippen LogP contribution in [0.1, 0.15) is 16.1 Å². The van der Waals surface area contributed by atoms with Crippen molar-refractivity contribution in [2.45, 2.75) is 6.92 Å². The predicted octanol–water partition coefficient (Wildman–Crippen LogP) is 3.39. The molecule has 0 bridgehead atoms. The molecule has 0 spiro atoms. The number of hydrogen-bond donors (Lipinski definition) is 3. The smallest absolute Gasteiger partial charge is 0.269 e. The number of pyridine rings is 1. The summed E-state index contributed by atoms with van der Waals surface area (Å²) in [7, 11) is 1.63. The van der Waals surface area contributed by atoms with Crippen LogP contribution in [0, 0.1) is 6.92 Å². The van der Waals surface area contributed by atoms with Crippen molar-refractivity contribution in [2.24, 2.45) is 5.73 Å². The number of ether oxygens (including phenoxy) is 1. The molecule has 142 valence electrons. The fourth-order valence-corrected chi connectivity index (χ4v) is 3.36. The Morgan fingerprint density at radius 3 is 2.64 bits per heavy atom. The number of methoxy groups -OCH3 is 1. The number of rotatable bonds is 5. The van der Waals surface area contributed by atoms with E-state index in [0.29, 0.717) is 18.8 Å². The molecule has 0 saturated heterocycles. The molecule has 0 aliphatic rings. The quantitative estimate of drug-likeness (QED) is 0.499. The molecule has 6 nitrogen and oxygen atoms in total. The van der Waals surface area contributed by atoms with Gasteiger partial charge < -0.3 is 20.8 Å². The average molecular weight is 374 g/mol. The van der Waals surface area contributed by atoms with Gasteiger partial charge in [-0.2, -0.15) is 0 Å². The third-order valence-corrected chi connectivity index (χ3v) is 4.77. The minimum Gasteiger partial charge on any atom is -0.497 e. The Morgan fingerprint density at radius 1 is 1.14 bits per heavy atom. The Hall–Kier alpha value is -3.38. The number of H-pyrrole nitrogens is 1. The first kappa shape index (κ1) is 18.0. The molecule has 0 fully saturated rings. The number of nitrogens with one attached hydrogen (secondary N) is 2. The molecule has 1 amide bonds. The minimum absolute atomic E-state index is 0.232. The molecule has 0 saturated carbocycles. The van der Waals surface area contributed by atoms with E-state index in [4.69, 9.17) is 10.5 Å². The standard InChI is InChI=1S/C22H22N4O2/c1-13-3-8-18-16(11-13)17-12-19(22(27)24-10-9-23)26-20(21(17)25-18)14-4-6-15(28-2)7-5-14/h3-8,11-12,25H,9-10,23H2,1-2H3,(H,24,27). The van der Waals surface area contributed by atoms with Gasteiger partial charge in [-0.15, -0.1) is 0 Å². The monoisotopic (exact) mass is 374 g/mol. The topological polar surface area (TPSA) is 93.0 Å². The Kier molecular flexibility index (Phi) is 4.71. The molecule has 0 aliphatic heterocycles. The maximum atomic E-state index is 12.6. The zero-order valence-corrected chi connectivity index (χ0v) is 15.9. The number of nitrogens with zero attached hydrogens (tertiary/aromatic N) is 1. The molecule has 2 aromatic carbocycles. The van der Waals surface area contributed by atoms with E-state index in [1.807, 2.05) is 30.3 Å². The number of amides is 1. The highest BCUT2D eigenvalue weighted by molar-refractivity contribution is 6.13. The molecule has 2 heterocycles. The van der Waals surface area contributed by atoms with Gasteiger partial charge in [0, 0.05) is 34.9 Å². The third-order valence-electron chi connectivity index (χ3n) is 4.77. The number of aryl methyl sites for hydroxylation is 1. The van der Waals surface area contributed by atoms with Gasteiger partial charge in [-0.3, -0.25) is 4.79 Å². The van der Waals surface area contributed by atoms with Crippen molar-refractivity contribution in [3.8, 4) is 17.0 Å². The Bertz CT molecular complexity index is 1160. The van der Waals surface area contributed by atoms with Crippen molar-refractivity contribution < 1.29 is 9.53 Å². The van der Waals surface area contributed by atoms with Crippen molar-refractivity contribution in [2.75, 3.05) is 20.2 Å². The Balaban J connectivity index is 1.97. The molecular weight excluding hydrogens is 352 g/mol. The van der Waals surface area contributed by atoms with E-state index in [1.54, 1.807) is 7.11 Å². The second-order valence-electron chi connectivity index (χ2n) is 6.73. The van der Waals surface area contributed by atoms with Crippen LogP contribution in [-0.2, 0) is 0 Å². The van der Waals surface area contributed by atoms with Crippen molar-refractivity contribution in [1.29, 1.82) is 0 Å². The van der Waals surface area contributed by atoms with Crippen LogP contribution in [-0.4, -0.2) is 36.1 Å². The summed E-state index contributed by atoms with van der Waals surface area (Å²) in [6.07, 6.45) is 0. The van der Waals surface area contributed by atoms with Crippen LogP contribution in [0.3, 0.4) is 0 Å². The van der Waals surface area contributed by atoms with Crippen molar-refractivity contribution >= 4 is 27.7 Å².